The van der Waals surface area contributed by atoms with Gasteiger partial charge in [0, 0.05) is 38.3 Å². The number of hydrogen-bond donors (Lipinski definition) is 2. The lowest BCUT2D eigenvalue weighted by atomic mass is 9.85. The third-order valence-corrected chi connectivity index (χ3v) is 6.13. The zero-order valence-electron chi connectivity index (χ0n) is 14.4. The summed E-state index contributed by atoms with van der Waals surface area (Å²) in [7, 11) is 1.93. The van der Waals surface area contributed by atoms with Gasteiger partial charge in [0.15, 0.2) is 0 Å². The van der Waals surface area contributed by atoms with E-state index < -0.39 is 0 Å². The van der Waals surface area contributed by atoms with Crippen molar-refractivity contribution in [2.75, 3.05) is 13.1 Å². The highest BCUT2D eigenvalue weighted by Gasteiger charge is 2.45. The van der Waals surface area contributed by atoms with Crippen molar-refractivity contribution < 1.29 is 4.79 Å². The molecular formula is C18H29ClN4O. The number of nitrogens with zero attached hydrogens (tertiary/aromatic N) is 2. The molecule has 3 aliphatic rings. The summed E-state index contributed by atoms with van der Waals surface area (Å²) in [5.74, 6) is 2.17. The number of rotatable bonds is 4. The van der Waals surface area contributed by atoms with Gasteiger partial charge in [0.25, 0.3) is 0 Å². The molecule has 2 unspecified atom stereocenters. The van der Waals surface area contributed by atoms with Gasteiger partial charge in [-0.1, -0.05) is 32.1 Å². The fraction of sp³-hybridized carbons (Fsp3) is 0.778. The predicted molar refractivity (Wildman–Crippen MR) is 96.2 cm³/mol. The van der Waals surface area contributed by atoms with Gasteiger partial charge in [0.05, 0.1) is 12.1 Å². The summed E-state index contributed by atoms with van der Waals surface area (Å²) < 4.78 is 1.82. The Hall–Kier alpha value is -1.07. The Morgan fingerprint density at radius 2 is 2.08 bits per heavy atom. The van der Waals surface area contributed by atoms with E-state index in [4.69, 9.17) is 0 Å². The van der Waals surface area contributed by atoms with Gasteiger partial charge in [0.1, 0.15) is 0 Å². The van der Waals surface area contributed by atoms with Gasteiger partial charge in [0.2, 0.25) is 5.91 Å². The molecule has 0 radical (unpaired) electrons. The highest BCUT2D eigenvalue weighted by molar-refractivity contribution is 5.85. The molecule has 4 atom stereocenters. The minimum Gasteiger partial charge on any atom is -0.353 e. The third kappa shape index (κ3) is 3.62. The van der Waals surface area contributed by atoms with E-state index in [0.717, 1.165) is 24.9 Å². The Bertz CT molecular complexity index is 569. The fourth-order valence-corrected chi connectivity index (χ4v) is 4.69. The molecule has 0 bridgehead atoms. The Morgan fingerprint density at radius 3 is 2.79 bits per heavy atom. The van der Waals surface area contributed by atoms with Crippen LogP contribution in [0.4, 0.5) is 0 Å². The molecule has 1 aromatic rings. The summed E-state index contributed by atoms with van der Waals surface area (Å²) in [6, 6.07) is 0.445. The van der Waals surface area contributed by atoms with Crippen LogP contribution in [0.1, 0.15) is 50.0 Å². The molecule has 2 aliphatic carbocycles. The smallest absolute Gasteiger partial charge is 0.225 e. The Labute approximate surface area is 150 Å². The Balaban J connectivity index is 0.00000169. The van der Waals surface area contributed by atoms with Gasteiger partial charge >= 0.3 is 0 Å². The Morgan fingerprint density at radius 1 is 1.29 bits per heavy atom. The minimum atomic E-state index is 0. The van der Waals surface area contributed by atoms with Crippen LogP contribution in [-0.4, -0.2) is 34.8 Å². The van der Waals surface area contributed by atoms with Crippen LogP contribution in [0.3, 0.4) is 0 Å². The van der Waals surface area contributed by atoms with Gasteiger partial charge in [-0.2, -0.15) is 5.10 Å². The summed E-state index contributed by atoms with van der Waals surface area (Å²) in [6.45, 7) is 1.66. The van der Waals surface area contributed by atoms with Crippen molar-refractivity contribution in [1.82, 2.24) is 20.4 Å². The first kappa shape index (κ1) is 17.7. The molecule has 0 spiro atoms. The average Bonchev–Trinajstić information content (AvgIpc) is 2.97. The number of hydrogen-bond acceptors (Lipinski definition) is 3. The molecule has 3 fully saturated rings. The molecule has 24 heavy (non-hydrogen) atoms. The van der Waals surface area contributed by atoms with Crippen molar-refractivity contribution in [1.29, 1.82) is 0 Å². The maximum Gasteiger partial charge on any atom is 0.225 e. The van der Waals surface area contributed by atoms with Gasteiger partial charge in [-0.05, 0) is 23.8 Å². The second-order valence-electron chi connectivity index (χ2n) is 7.73. The lowest BCUT2D eigenvalue weighted by Gasteiger charge is -2.22. The maximum atomic E-state index is 12.7. The van der Waals surface area contributed by atoms with Crippen LogP contribution in [0, 0.1) is 17.8 Å². The lowest BCUT2D eigenvalue weighted by Crippen LogP contribution is -2.37. The summed E-state index contributed by atoms with van der Waals surface area (Å²) in [6.07, 6.45) is 12.1. The van der Waals surface area contributed by atoms with Gasteiger partial charge in [-0.15, -0.1) is 12.4 Å². The summed E-state index contributed by atoms with van der Waals surface area (Å²) in [5.41, 5.74) is 1.18. The zero-order valence-corrected chi connectivity index (χ0v) is 15.2. The van der Waals surface area contributed by atoms with Crippen molar-refractivity contribution >= 4 is 18.3 Å². The van der Waals surface area contributed by atoms with E-state index in [-0.39, 0.29) is 30.2 Å². The highest BCUT2D eigenvalue weighted by atomic mass is 35.5. The topological polar surface area (TPSA) is 59.0 Å². The van der Waals surface area contributed by atoms with Crippen LogP contribution in [-0.2, 0) is 11.8 Å². The van der Waals surface area contributed by atoms with Gasteiger partial charge < -0.3 is 10.6 Å². The molecule has 2 heterocycles. The van der Waals surface area contributed by atoms with Gasteiger partial charge in [-0.3, -0.25) is 9.48 Å². The molecule has 2 saturated carbocycles. The highest BCUT2D eigenvalue weighted by Crippen LogP contribution is 2.44. The van der Waals surface area contributed by atoms with E-state index in [2.05, 4.69) is 15.7 Å². The molecule has 1 saturated heterocycles. The minimum absolute atomic E-state index is 0. The average molecular weight is 353 g/mol. The normalized spacial score (nSPS) is 33.0. The van der Waals surface area contributed by atoms with Gasteiger partial charge in [-0.25, -0.2) is 0 Å². The largest absolute Gasteiger partial charge is 0.353 e. The second kappa shape index (κ2) is 7.44. The number of halogens is 1. The Kier molecular flexibility index (Phi) is 5.50. The van der Waals surface area contributed by atoms with Crippen LogP contribution in [0.25, 0.3) is 0 Å². The number of aryl methyl sites for hydroxylation is 1. The van der Waals surface area contributed by atoms with Crippen LogP contribution < -0.4 is 10.6 Å². The molecule has 134 valence electrons. The van der Waals surface area contributed by atoms with E-state index in [0.29, 0.717) is 6.04 Å². The van der Waals surface area contributed by atoms with Crippen LogP contribution in [0.2, 0.25) is 0 Å². The molecule has 1 amide bonds. The maximum absolute atomic E-state index is 12.7. The number of carbonyl (C=O) groups excluding carboxylic acids is 1. The van der Waals surface area contributed by atoms with E-state index in [1.807, 2.05) is 24.1 Å². The van der Waals surface area contributed by atoms with E-state index in [9.17, 15) is 4.79 Å². The SMILES string of the molecule is Cl.Cn1cc([C@H]2CNC[C@@H]2C(=O)NC2CC2C2CCCCC2)cn1. The first-order chi connectivity index (χ1) is 11.2. The van der Waals surface area contributed by atoms with Crippen molar-refractivity contribution in [2.24, 2.45) is 24.8 Å². The number of carbonyl (C=O) groups is 1. The van der Waals surface area contributed by atoms with Crippen molar-refractivity contribution in [3.8, 4) is 0 Å². The van der Waals surface area contributed by atoms with Crippen LogP contribution >= 0.6 is 12.4 Å². The molecule has 4 rings (SSSR count). The quantitative estimate of drug-likeness (QED) is 0.873. The van der Waals surface area contributed by atoms with Crippen molar-refractivity contribution in [3.63, 3.8) is 0 Å². The summed E-state index contributed by atoms with van der Waals surface area (Å²) in [4.78, 5) is 12.7. The molecule has 2 N–H and O–H groups in total. The van der Waals surface area contributed by atoms with Crippen molar-refractivity contribution in [3.05, 3.63) is 18.0 Å². The van der Waals surface area contributed by atoms with E-state index >= 15 is 0 Å². The molecular weight excluding hydrogens is 324 g/mol. The fourth-order valence-electron chi connectivity index (χ4n) is 4.69. The predicted octanol–water partition coefficient (Wildman–Crippen LogP) is 2.23. The molecule has 1 aromatic heterocycles. The third-order valence-electron chi connectivity index (χ3n) is 6.13. The zero-order chi connectivity index (χ0) is 15.8. The van der Waals surface area contributed by atoms with Crippen LogP contribution in [0.15, 0.2) is 12.4 Å². The molecule has 0 aromatic carbocycles. The van der Waals surface area contributed by atoms with E-state index in [1.54, 1.807) is 0 Å². The second-order valence-corrected chi connectivity index (χ2v) is 7.73. The molecule has 6 heteroatoms. The standard InChI is InChI=1S/C18H28N4O.ClH/c1-22-11-13(8-20-22)15-9-19-10-16(15)18(23)21-17-7-14(17)12-5-3-2-4-6-12;/h8,11-12,14-17,19H,2-7,9-10H2,1H3,(H,21,23);1H/t14?,15-,16+,17?;/m1./s1. The molecule has 1 aliphatic heterocycles. The number of amides is 1. The first-order valence-corrected chi connectivity index (χ1v) is 9.22. The monoisotopic (exact) mass is 352 g/mol. The van der Waals surface area contributed by atoms with Crippen molar-refractivity contribution in [2.45, 2.75) is 50.5 Å². The summed E-state index contributed by atoms with van der Waals surface area (Å²) in [5, 5.41) is 11.0. The van der Waals surface area contributed by atoms with Crippen LogP contribution in [0.5, 0.6) is 0 Å². The van der Waals surface area contributed by atoms with E-state index in [1.165, 1.54) is 44.1 Å². The summed E-state index contributed by atoms with van der Waals surface area (Å²) >= 11 is 0. The number of aromatic nitrogens is 2. The first-order valence-electron chi connectivity index (χ1n) is 9.22. The lowest BCUT2D eigenvalue weighted by molar-refractivity contribution is -0.125. The number of nitrogens with one attached hydrogen (secondary N) is 2. The molecule has 5 nitrogen and oxygen atoms in total.